The molecule has 0 spiro atoms. The van der Waals surface area contributed by atoms with E-state index in [-0.39, 0.29) is 0 Å². The van der Waals surface area contributed by atoms with E-state index in [1.165, 1.54) is 0 Å². The molecule has 13 heteroatoms. The van der Waals surface area contributed by atoms with Gasteiger partial charge >= 0.3 is 302 Å². The van der Waals surface area contributed by atoms with Crippen LogP contribution in [0.5, 0.6) is 34.5 Å². The van der Waals surface area contributed by atoms with Gasteiger partial charge in [0.05, 0.1) is 20.8 Å². The zero-order valence-corrected chi connectivity index (χ0v) is 48.4. The van der Waals surface area contributed by atoms with Crippen molar-refractivity contribution in [3.8, 4) is 46.0 Å². The molecule has 6 rings (SSSR count). The van der Waals surface area contributed by atoms with E-state index in [1.807, 2.05) is 54.6 Å². The minimum atomic E-state index is -1.97. The van der Waals surface area contributed by atoms with Crippen molar-refractivity contribution in [1.29, 1.82) is 0 Å². The van der Waals surface area contributed by atoms with E-state index in [1.54, 1.807) is 40.7 Å². The van der Waals surface area contributed by atoms with Crippen LogP contribution in [0.15, 0.2) is 125 Å². The Morgan fingerprint density at radius 2 is 1.18 bits per heavy atom. The third-order valence-corrected chi connectivity index (χ3v) is 20.7. The van der Waals surface area contributed by atoms with Gasteiger partial charge in [-0.2, -0.15) is 0 Å². The van der Waals surface area contributed by atoms with E-state index in [4.69, 9.17) is 49.1 Å². The summed E-state index contributed by atoms with van der Waals surface area (Å²) in [5.74, 6) is 6.92. The Bertz CT molecular complexity index is 2850. The summed E-state index contributed by atoms with van der Waals surface area (Å²) in [4.78, 5) is 19.3. The average Bonchev–Trinajstić information content (AvgIpc) is 4.18. The molecule has 374 valence electrons. The third-order valence-electron chi connectivity index (χ3n) is 13.3. The van der Waals surface area contributed by atoms with Gasteiger partial charge in [-0.15, -0.1) is 0 Å². The second-order valence-electron chi connectivity index (χ2n) is 18.7. The van der Waals surface area contributed by atoms with Crippen molar-refractivity contribution in [1.82, 2.24) is 9.97 Å². The zero-order chi connectivity index (χ0) is 52.1. The third kappa shape index (κ3) is 11.9. The molecule has 72 heavy (non-hydrogen) atoms. The first-order valence-corrected chi connectivity index (χ1v) is 28.7. The number of aliphatic imine (C=N–C) groups is 2. The van der Waals surface area contributed by atoms with Gasteiger partial charge in [-0.05, 0) is 36.3 Å². The van der Waals surface area contributed by atoms with Crippen LogP contribution >= 0.6 is 0 Å². The Balaban J connectivity index is 1.54. The number of aromatic nitrogens is 2. The molecule has 3 N–H and O–H groups in total. The molecule has 4 heterocycles. The number of hydrogen-bond donors (Lipinski definition) is 2. The normalized spacial score (nSPS) is 15.0. The van der Waals surface area contributed by atoms with Crippen LogP contribution in [0.2, 0.25) is 16.6 Å². The van der Waals surface area contributed by atoms with Crippen molar-refractivity contribution in [2.45, 2.75) is 97.7 Å². The molecule has 11 nitrogen and oxygen atoms in total. The topological polar surface area (TPSA) is 135 Å². The Labute approximate surface area is 438 Å². The summed E-state index contributed by atoms with van der Waals surface area (Å²) in [5, 5.41) is 0. The first-order chi connectivity index (χ1) is 34.7. The van der Waals surface area contributed by atoms with Crippen molar-refractivity contribution in [2.75, 3.05) is 41.7 Å². The van der Waals surface area contributed by atoms with E-state index in [0.717, 1.165) is 98.4 Å². The smallest absolute Gasteiger partial charge is 0.493 e. The number of nitrogens with two attached hydrogens (primary N) is 1. The molecule has 4 aromatic rings. The maximum atomic E-state index is 6.77. The molecule has 0 saturated heterocycles. The van der Waals surface area contributed by atoms with Crippen LogP contribution in [0.25, 0.3) is 16.7 Å². The molecule has 0 atom stereocenters. The number of rotatable bonds is 23. The quantitative estimate of drug-likeness (QED) is 0.0325. The van der Waals surface area contributed by atoms with Crippen LogP contribution in [0, 0.1) is 11.5 Å². The van der Waals surface area contributed by atoms with Gasteiger partial charge in [-0.1, -0.05) is 33.3 Å². The Morgan fingerprint density at radius 1 is 0.694 bits per heavy atom. The summed E-state index contributed by atoms with van der Waals surface area (Å²) in [6.07, 6.45) is 15.3. The Hall–Kier alpha value is -6.48. The second-order valence-corrected chi connectivity index (χ2v) is 25.7. The minimum Gasteiger partial charge on any atom is -0.493 e. The van der Waals surface area contributed by atoms with Gasteiger partial charge < -0.3 is 19.9 Å². The fraction of sp³-hybridized carbons (Fsp3) is 0.356. The average molecular weight is 1040 g/mol. The van der Waals surface area contributed by atoms with Crippen LogP contribution in [0.1, 0.15) is 109 Å². The standard InChI is InChI=1S/C59H71N5O6Si.Zn/c1-14-17-31-69-58-51(65-10)34-41(35-52(58)66-11)55(44(60)16-3)46-26-28-49(63-46)57(45-23-19-20-30-61-45)50-29-27-48(64-50)56(42-36-53(67-12)59(54(37-42)68-13)70-32-18-15-2)47-25-24-43(62-47)22-21-33-71(38(4)5,39(6)7)40(8)9;/h16,19-20,23-30,34-40,64H,3,14-15,17-18,31-32,60H2,1-2,4-13H3;/b55-44-,56-47-,57-49-;. The van der Waals surface area contributed by atoms with Gasteiger partial charge in [0.2, 0.25) is 5.75 Å². The van der Waals surface area contributed by atoms with E-state index < -0.39 is 8.07 Å². The predicted octanol–water partition coefficient (Wildman–Crippen LogP) is 12.8. The molecule has 0 bridgehead atoms. The van der Waals surface area contributed by atoms with Crippen molar-refractivity contribution >= 4 is 40.3 Å². The Morgan fingerprint density at radius 3 is 1.65 bits per heavy atom. The molecule has 0 aliphatic carbocycles. The molecule has 0 unspecified atom stereocenters. The predicted molar refractivity (Wildman–Crippen MR) is 295 cm³/mol. The van der Waals surface area contributed by atoms with Crippen LogP contribution in [-0.4, -0.2) is 75.2 Å². The fourth-order valence-corrected chi connectivity index (χ4v) is 15.8. The minimum absolute atomic E-state index is 0.431. The maximum absolute atomic E-state index is 6.77. The molecule has 0 saturated carbocycles. The van der Waals surface area contributed by atoms with Crippen LogP contribution in [0.4, 0.5) is 0 Å². The number of unbranched alkanes of at least 4 members (excludes halogenated alkanes) is 2. The van der Waals surface area contributed by atoms with E-state index in [2.05, 4.69) is 103 Å². The number of aromatic amines is 1. The molecule has 2 aliphatic heterocycles. The number of nitrogens with zero attached hydrogens (tertiary/aromatic N) is 3. The SMILES string of the molecule is C=C/C(N)=C(C1=N/C(=C(/c2ccccn2)c2ccc(/C(=C3/C=CC([C](=[Zn])C#C[Si](C(C)C)(C(C)C)C(C)C)=N3)c3cc(OC)c(OCCCC)c(OC)c3)[nH]2)C=C1)\c1cc(OC)c(OCCCC)c(OC)c1. The van der Waals surface area contributed by atoms with Crippen molar-refractivity contribution in [2.24, 2.45) is 15.7 Å². The van der Waals surface area contributed by atoms with Crippen molar-refractivity contribution < 1.29 is 46.3 Å². The van der Waals surface area contributed by atoms with E-state index in [0.29, 0.717) is 87.0 Å². The number of ether oxygens (including phenoxy) is 6. The summed E-state index contributed by atoms with van der Waals surface area (Å²) in [6, 6.07) is 17.7. The summed E-state index contributed by atoms with van der Waals surface area (Å²) in [7, 11) is 4.55. The van der Waals surface area contributed by atoms with Crippen molar-refractivity contribution in [3.63, 3.8) is 0 Å². The van der Waals surface area contributed by atoms with Gasteiger partial charge in [0.15, 0.2) is 11.5 Å². The molecule has 2 aromatic carbocycles. The number of allylic oxidation sites excluding steroid dienone is 6. The summed E-state index contributed by atoms with van der Waals surface area (Å²) in [5.41, 5.74) is 21.8. The number of nitrogens with one attached hydrogen (secondary N) is 1. The molecular formula is C59H71N5O6SiZn. The van der Waals surface area contributed by atoms with Crippen LogP contribution < -0.4 is 34.2 Å². The van der Waals surface area contributed by atoms with Crippen LogP contribution in [0.3, 0.4) is 0 Å². The molecule has 0 amide bonds. The van der Waals surface area contributed by atoms with Gasteiger partial charge in [0.25, 0.3) is 0 Å². The van der Waals surface area contributed by atoms with Gasteiger partial charge in [0.1, 0.15) is 0 Å². The van der Waals surface area contributed by atoms with Gasteiger partial charge in [-0.3, -0.25) is 0 Å². The first-order valence-electron chi connectivity index (χ1n) is 25.0. The Kier molecular flexibility index (Phi) is 19.2. The number of pyridine rings is 1. The zero-order valence-electron chi connectivity index (χ0n) is 44.4. The molecule has 0 fully saturated rings. The number of H-pyrrole nitrogens is 1. The monoisotopic (exact) mass is 1040 g/mol. The van der Waals surface area contributed by atoms with E-state index >= 15 is 0 Å². The summed E-state index contributed by atoms with van der Waals surface area (Å²) in [6.45, 7) is 23.4. The molecule has 0 radical (unpaired) electrons. The summed E-state index contributed by atoms with van der Waals surface area (Å²) < 4.78 is 37.2. The number of methoxy groups -OCH3 is 4. The summed E-state index contributed by atoms with van der Waals surface area (Å²) >= 11 is 0.877. The second kappa shape index (κ2) is 25.3. The fourth-order valence-electron chi connectivity index (χ4n) is 9.57. The molecule has 2 aliphatic rings. The molecular weight excluding hydrogens is 968 g/mol. The number of benzene rings is 2. The van der Waals surface area contributed by atoms with Crippen LogP contribution in [-0.2, 0) is 17.9 Å². The van der Waals surface area contributed by atoms with Crippen molar-refractivity contribution in [3.05, 3.63) is 143 Å². The molecule has 2 aromatic heterocycles. The van der Waals surface area contributed by atoms with Gasteiger partial charge in [0, 0.05) is 11.3 Å². The first kappa shape index (κ1) is 54.8. The number of hydrogen-bond acceptors (Lipinski definition) is 10. The van der Waals surface area contributed by atoms with E-state index in [9.17, 15) is 0 Å². The van der Waals surface area contributed by atoms with Gasteiger partial charge in [-0.25, -0.2) is 0 Å².